The third-order valence-electron chi connectivity index (χ3n) is 9.24. The second-order valence-electron chi connectivity index (χ2n) is 14.7. The number of nitriles is 1. The number of aryl methyl sites for hydroxylation is 1. The summed E-state index contributed by atoms with van der Waals surface area (Å²) < 4.78 is 24.2. The van der Waals surface area contributed by atoms with Crippen LogP contribution in [0.4, 0.5) is 9.80 Å². The molecule has 0 unspecified atom stereocenters. The van der Waals surface area contributed by atoms with E-state index in [0.29, 0.717) is 52.7 Å². The minimum absolute atomic E-state index is 0.109. The molecule has 14 heteroatoms. The van der Waals surface area contributed by atoms with Crippen LogP contribution in [0.1, 0.15) is 82.2 Å². The van der Waals surface area contributed by atoms with Crippen LogP contribution in [0.2, 0.25) is 0 Å². The Labute approximate surface area is 291 Å². The molecule has 6 rings (SSSR count). The zero-order chi connectivity index (χ0) is 35.1. The average molecular weight is 691 g/mol. The first kappa shape index (κ1) is 34.6. The van der Waals surface area contributed by atoms with E-state index in [1.54, 1.807) is 34.7 Å². The molecule has 2 aliphatic heterocycles. The number of fused-ring (bicyclic) bond motifs is 1. The highest BCUT2D eigenvalue weighted by Crippen LogP contribution is 2.50. The van der Waals surface area contributed by atoms with Crippen molar-refractivity contribution in [2.24, 2.45) is 4.99 Å². The van der Waals surface area contributed by atoms with Crippen LogP contribution in [0, 0.1) is 11.3 Å². The van der Waals surface area contributed by atoms with Gasteiger partial charge in [0.2, 0.25) is 17.6 Å². The van der Waals surface area contributed by atoms with Crippen LogP contribution in [0.3, 0.4) is 0 Å². The van der Waals surface area contributed by atoms with Gasteiger partial charge in [-0.15, -0.1) is 11.3 Å². The number of carbonyl (C=O) groups excluding carboxylic acids is 1. The van der Waals surface area contributed by atoms with Crippen molar-refractivity contribution in [1.29, 1.82) is 5.26 Å². The van der Waals surface area contributed by atoms with Gasteiger partial charge in [0.1, 0.15) is 40.3 Å². The van der Waals surface area contributed by atoms with Crippen LogP contribution < -0.4 is 9.47 Å². The minimum atomic E-state index is -0.668. The molecule has 3 atom stereocenters. The number of carbonyl (C=O) groups is 1. The monoisotopic (exact) mass is 690 g/mol. The molecule has 262 valence electrons. The lowest BCUT2D eigenvalue weighted by molar-refractivity contribution is -0.0222. The van der Waals surface area contributed by atoms with E-state index in [4.69, 9.17) is 28.7 Å². The fourth-order valence-electron chi connectivity index (χ4n) is 6.78. The van der Waals surface area contributed by atoms with Gasteiger partial charge in [-0.3, -0.25) is 4.90 Å². The fourth-order valence-corrected chi connectivity index (χ4v) is 8.04. The minimum Gasteiger partial charge on any atom is -0.486 e. The summed E-state index contributed by atoms with van der Waals surface area (Å²) in [7, 11) is 5.91. The van der Waals surface area contributed by atoms with Crippen LogP contribution in [0.5, 0.6) is 11.6 Å². The normalized spacial score (nSPS) is 22.0. The van der Waals surface area contributed by atoms with Crippen LogP contribution >= 0.6 is 11.3 Å². The Kier molecular flexibility index (Phi) is 9.61. The Morgan fingerprint density at radius 1 is 1.27 bits per heavy atom. The number of hydrogen-bond donors (Lipinski definition) is 0. The van der Waals surface area contributed by atoms with Crippen LogP contribution in [0.25, 0.3) is 11.5 Å². The second kappa shape index (κ2) is 13.6. The van der Waals surface area contributed by atoms with Gasteiger partial charge in [-0.05, 0) is 80.3 Å². The molecule has 0 bridgehead atoms. The van der Waals surface area contributed by atoms with Gasteiger partial charge in [0.25, 0.3) is 0 Å². The van der Waals surface area contributed by atoms with Crippen molar-refractivity contribution in [3.8, 4) is 29.2 Å². The Morgan fingerprint density at radius 2 is 2.04 bits per heavy atom. The maximum Gasteiger partial charge on any atom is 0.410 e. The summed E-state index contributed by atoms with van der Waals surface area (Å²) >= 11 is 1.55. The molecule has 0 N–H and O–H groups in total. The molecule has 13 nitrogen and oxygen atoms in total. The Balaban J connectivity index is 1.29. The number of pyridine rings is 1. The van der Waals surface area contributed by atoms with Crippen molar-refractivity contribution in [2.75, 3.05) is 40.8 Å². The van der Waals surface area contributed by atoms with Crippen molar-refractivity contribution in [3.63, 3.8) is 0 Å². The van der Waals surface area contributed by atoms with E-state index in [9.17, 15) is 10.1 Å². The lowest BCUT2D eigenvalue weighted by Crippen LogP contribution is -2.57. The number of thiophene rings is 1. The van der Waals surface area contributed by atoms with Gasteiger partial charge < -0.3 is 28.5 Å². The summed E-state index contributed by atoms with van der Waals surface area (Å²) in [4.78, 5) is 33.7. The number of amides is 1. The molecule has 2 saturated heterocycles. The molecule has 2 fully saturated rings. The number of rotatable bonds is 9. The molecule has 3 aromatic rings. The van der Waals surface area contributed by atoms with Crippen molar-refractivity contribution < 1.29 is 23.5 Å². The van der Waals surface area contributed by atoms with E-state index in [1.165, 1.54) is 0 Å². The van der Waals surface area contributed by atoms with Gasteiger partial charge in [-0.1, -0.05) is 5.16 Å². The van der Waals surface area contributed by atoms with E-state index in [2.05, 4.69) is 42.0 Å². The van der Waals surface area contributed by atoms with Gasteiger partial charge in [-0.25, -0.2) is 14.8 Å². The van der Waals surface area contributed by atoms with Crippen LogP contribution in [-0.2, 0) is 16.6 Å². The summed E-state index contributed by atoms with van der Waals surface area (Å²) in [6, 6.07) is 6.23. The van der Waals surface area contributed by atoms with Crippen molar-refractivity contribution in [2.45, 2.75) is 96.0 Å². The molecule has 3 aromatic heterocycles. The first-order valence-corrected chi connectivity index (χ1v) is 17.7. The first-order chi connectivity index (χ1) is 23.2. The molecule has 5 heterocycles. The number of aromatic nitrogens is 3. The first-order valence-electron chi connectivity index (χ1n) is 16.9. The predicted molar refractivity (Wildman–Crippen MR) is 186 cm³/mol. The summed E-state index contributed by atoms with van der Waals surface area (Å²) in [6.45, 7) is 11.5. The molecule has 0 spiro atoms. The van der Waals surface area contributed by atoms with Crippen molar-refractivity contribution in [1.82, 2.24) is 29.8 Å². The van der Waals surface area contributed by atoms with E-state index < -0.39 is 11.0 Å². The van der Waals surface area contributed by atoms with E-state index in [0.717, 1.165) is 49.1 Å². The molecular formula is C35H46N8O5S. The maximum absolute atomic E-state index is 12.5. The third kappa shape index (κ3) is 7.38. The number of likely N-dealkylation sites (tertiary alicyclic amines) is 2. The molecule has 1 aliphatic carbocycles. The molecule has 0 aromatic carbocycles. The Bertz CT molecular complexity index is 1750. The zero-order valence-electron chi connectivity index (χ0n) is 29.6. The van der Waals surface area contributed by atoms with E-state index >= 15 is 0 Å². The highest BCUT2D eigenvalue weighted by atomic mass is 32.1. The van der Waals surface area contributed by atoms with Crippen molar-refractivity contribution >= 4 is 28.8 Å². The predicted octanol–water partition coefficient (Wildman–Crippen LogP) is 5.79. The zero-order valence-corrected chi connectivity index (χ0v) is 30.5. The number of nitrogens with zero attached hydrogens (tertiary/aromatic N) is 8. The quantitative estimate of drug-likeness (QED) is 0.199. The average Bonchev–Trinajstić information content (AvgIpc) is 3.75. The van der Waals surface area contributed by atoms with Gasteiger partial charge in [0, 0.05) is 42.7 Å². The smallest absolute Gasteiger partial charge is 0.410 e. The summed E-state index contributed by atoms with van der Waals surface area (Å²) in [6.07, 6.45) is 5.73. The van der Waals surface area contributed by atoms with Gasteiger partial charge in [0.05, 0.1) is 30.4 Å². The fraction of sp³-hybridized carbons (Fsp3) is 0.600. The number of hydrogen-bond acceptors (Lipinski definition) is 12. The molecular weight excluding hydrogens is 645 g/mol. The summed E-state index contributed by atoms with van der Waals surface area (Å²) in [5.41, 5.74) is 0.672. The van der Waals surface area contributed by atoms with E-state index in [-0.39, 0.29) is 24.3 Å². The molecule has 1 amide bonds. The summed E-state index contributed by atoms with van der Waals surface area (Å²) in [5, 5.41) is 15.3. The van der Waals surface area contributed by atoms with Crippen molar-refractivity contribution in [3.05, 3.63) is 34.0 Å². The van der Waals surface area contributed by atoms with Gasteiger partial charge in [0.15, 0.2) is 0 Å². The molecule has 3 aliphatic rings. The lowest BCUT2D eigenvalue weighted by Gasteiger charge is -2.39. The molecule has 49 heavy (non-hydrogen) atoms. The second-order valence-corrected chi connectivity index (χ2v) is 15.8. The molecule has 0 saturated carbocycles. The van der Waals surface area contributed by atoms with Crippen LogP contribution in [-0.4, -0.2) is 107 Å². The highest BCUT2D eigenvalue weighted by Gasteiger charge is 2.43. The number of likely N-dealkylation sites (N-methyl/N-ethyl adjacent to an activating group) is 1. The standard InChI is InChI=1S/C35H46N8O5S/c1-21(26-11-10-14-42(26)8)45-28-16-22(46-23-18-43(19-23)33(44)47-34(2,3)4)15-25(38-28)30-39-32(48-40-30)35(5)13-9-12-27-29(35)24(17-36)31(49-27)37-20-41(6)7/h15-16,20-21,23,26H,9-14,18-19H2,1-8H3/t21-,26-,35-/m0/s1. The Hall–Kier alpha value is -4.22. The number of aliphatic imine (C=N–C) groups is 1. The third-order valence-corrected chi connectivity index (χ3v) is 10.4. The van der Waals surface area contributed by atoms with Gasteiger partial charge in [-0.2, -0.15) is 10.2 Å². The largest absolute Gasteiger partial charge is 0.486 e. The Morgan fingerprint density at radius 3 is 2.71 bits per heavy atom. The summed E-state index contributed by atoms with van der Waals surface area (Å²) in [5.74, 6) is 1.65. The maximum atomic E-state index is 12.5. The lowest BCUT2D eigenvalue weighted by atomic mass is 9.72. The highest BCUT2D eigenvalue weighted by molar-refractivity contribution is 7.16. The SMILES string of the molecule is C[C@H](Oc1cc(OC2CN(C(=O)OC(C)(C)C)C2)cc(-c2noc([C@@]3(C)CCCc4sc(N=CN(C)C)c(C#N)c43)n2)n1)[C@@H]1CCCN1C. The van der Waals surface area contributed by atoms with E-state index in [1.807, 2.05) is 39.8 Å². The van der Waals surface area contributed by atoms with Crippen LogP contribution in [0.15, 0.2) is 21.6 Å². The van der Waals surface area contributed by atoms with Gasteiger partial charge >= 0.3 is 6.09 Å². The topological polar surface area (TPSA) is 142 Å². The molecule has 0 radical (unpaired) electrons. The number of ether oxygens (including phenoxy) is 3.